The van der Waals surface area contributed by atoms with Crippen LogP contribution >= 0.6 is 11.3 Å². The van der Waals surface area contributed by atoms with Crippen molar-refractivity contribution in [2.75, 3.05) is 18.1 Å². The maximum Gasteiger partial charge on any atom is 0.150 e. The van der Waals surface area contributed by atoms with E-state index in [-0.39, 0.29) is 0 Å². The zero-order valence-electron chi connectivity index (χ0n) is 11.7. The lowest BCUT2D eigenvalue weighted by Crippen LogP contribution is -2.25. The lowest BCUT2D eigenvalue weighted by atomic mass is 9.94. The van der Waals surface area contributed by atoms with Crippen LogP contribution < -0.4 is 5.32 Å². The Morgan fingerprint density at radius 3 is 2.84 bits per heavy atom. The normalized spacial score (nSPS) is 23.6. The SMILES string of the molecule is CCCNC(CC1CCS(=O)(=O)C1)c1ccsc1C. The lowest BCUT2D eigenvalue weighted by molar-refractivity contribution is 0.414. The van der Waals surface area contributed by atoms with E-state index in [9.17, 15) is 8.42 Å². The molecule has 1 aromatic heterocycles. The van der Waals surface area contributed by atoms with Crippen molar-refractivity contribution in [3.63, 3.8) is 0 Å². The minimum atomic E-state index is -2.77. The van der Waals surface area contributed by atoms with Gasteiger partial charge in [0.1, 0.15) is 0 Å². The molecule has 1 aromatic rings. The maximum absolute atomic E-state index is 11.6. The van der Waals surface area contributed by atoms with Gasteiger partial charge in [-0.2, -0.15) is 0 Å². The van der Waals surface area contributed by atoms with Crippen molar-refractivity contribution in [2.24, 2.45) is 5.92 Å². The fourth-order valence-electron chi connectivity index (χ4n) is 2.79. The van der Waals surface area contributed by atoms with Gasteiger partial charge in [-0.1, -0.05) is 6.92 Å². The van der Waals surface area contributed by atoms with Crippen LogP contribution in [0.2, 0.25) is 0 Å². The summed E-state index contributed by atoms with van der Waals surface area (Å²) in [6, 6.07) is 2.49. The van der Waals surface area contributed by atoms with Gasteiger partial charge in [0, 0.05) is 10.9 Å². The molecule has 0 saturated carbocycles. The lowest BCUT2D eigenvalue weighted by Gasteiger charge is -2.21. The van der Waals surface area contributed by atoms with Gasteiger partial charge >= 0.3 is 0 Å². The first kappa shape index (κ1) is 15.0. The highest BCUT2D eigenvalue weighted by Crippen LogP contribution is 2.32. The molecule has 0 aromatic carbocycles. The third-order valence-electron chi connectivity index (χ3n) is 3.81. The Labute approximate surface area is 120 Å². The van der Waals surface area contributed by atoms with E-state index in [1.54, 1.807) is 11.3 Å². The molecule has 2 heterocycles. The van der Waals surface area contributed by atoms with Crippen molar-refractivity contribution in [1.82, 2.24) is 5.32 Å². The first-order valence-electron chi connectivity index (χ1n) is 6.99. The molecule has 108 valence electrons. The Bertz CT molecular complexity index is 507. The summed E-state index contributed by atoms with van der Waals surface area (Å²) in [5, 5.41) is 5.70. The van der Waals surface area contributed by atoms with E-state index < -0.39 is 9.84 Å². The molecule has 3 nitrogen and oxygen atoms in total. The fraction of sp³-hybridized carbons (Fsp3) is 0.714. The van der Waals surface area contributed by atoms with Crippen LogP contribution in [0.15, 0.2) is 11.4 Å². The summed E-state index contributed by atoms with van der Waals surface area (Å²) in [6.45, 7) is 5.29. The summed E-state index contributed by atoms with van der Waals surface area (Å²) in [4.78, 5) is 1.34. The Hall–Kier alpha value is -0.390. The average molecular weight is 301 g/mol. The second kappa shape index (κ2) is 6.37. The Kier molecular flexibility index (Phi) is 5.03. The summed E-state index contributed by atoms with van der Waals surface area (Å²) in [5.74, 6) is 1.07. The number of nitrogens with one attached hydrogen (secondary N) is 1. The van der Waals surface area contributed by atoms with Crippen LogP contribution in [0.5, 0.6) is 0 Å². The second-order valence-electron chi connectivity index (χ2n) is 5.44. The van der Waals surface area contributed by atoms with Crippen LogP contribution in [0, 0.1) is 12.8 Å². The first-order valence-corrected chi connectivity index (χ1v) is 9.69. The molecule has 0 spiro atoms. The van der Waals surface area contributed by atoms with Crippen LogP contribution in [0.1, 0.15) is 42.7 Å². The van der Waals surface area contributed by atoms with Crippen LogP contribution in [0.25, 0.3) is 0 Å². The molecule has 1 aliphatic heterocycles. The van der Waals surface area contributed by atoms with Crippen molar-refractivity contribution in [2.45, 2.75) is 39.2 Å². The highest BCUT2D eigenvalue weighted by molar-refractivity contribution is 7.91. The van der Waals surface area contributed by atoms with Gasteiger partial charge in [-0.05, 0) is 55.7 Å². The topological polar surface area (TPSA) is 46.2 Å². The summed E-state index contributed by atoms with van der Waals surface area (Å²) in [5.41, 5.74) is 1.35. The van der Waals surface area contributed by atoms with Gasteiger partial charge in [0.2, 0.25) is 0 Å². The molecule has 1 saturated heterocycles. The summed E-state index contributed by atoms with van der Waals surface area (Å²) < 4.78 is 23.1. The molecular weight excluding hydrogens is 278 g/mol. The Morgan fingerprint density at radius 2 is 2.32 bits per heavy atom. The zero-order valence-corrected chi connectivity index (χ0v) is 13.3. The molecule has 1 N–H and O–H groups in total. The second-order valence-corrected chi connectivity index (χ2v) is 8.79. The third-order valence-corrected chi connectivity index (χ3v) is 6.51. The predicted octanol–water partition coefficient (Wildman–Crippen LogP) is 2.92. The quantitative estimate of drug-likeness (QED) is 0.879. The van der Waals surface area contributed by atoms with Crippen molar-refractivity contribution < 1.29 is 8.42 Å². The molecule has 1 fully saturated rings. The van der Waals surface area contributed by atoms with E-state index in [1.165, 1.54) is 10.4 Å². The van der Waals surface area contributed by atoms with E-state index in [2.05, 4.69) is 30.6 Å². The van der Waals surface area contributed by atoms with Crippen molar-refractivity contribution in [3.05, 3.63) is 21.9 Å². The van der Waals surface area contributed by atoms with E-state index in [1.807, 2.05) is 0 Å². The van der Waals surface area contributed by atoms with E-state index >= 15 is 0 Å². The maximum atomic E-state index is 11.6. The van der Waals surface area contributed by atoms with E-state index in [0.717, 1.165) is 25.8 Å². The summed E-state index contributed by atoms with van der Waals surface area (Å²) >= 11 is 1.77. The molecular formula is C14H23NO2S2. The third kappa shape index (κ3) is 4.04. The molecule has 19 heavy (non-hydrogen) atoms. The van der Waals surface area contributed by atoms with Crippen molar-refractivity contribution in [1.29, 1.82) is 0 Å². The highest BCUT2D eigenvalue weighted by Gasteiger charge is 2.30. The molecule has 5 heteroatoms. The fourth-order valence-corrected chi connectivity index (χ4v) is 5.43. The molecule has 0 amide bonds. The molecule has 1 aliphatic rings. The smallest absolute Gasteiger partial charge is 0.150 e. The number of hydrogen-bond donors (Lipinski definition) is 1. The number of aryl methyl sites for hydroxylation is 1. The predicted molar refractivity (Wildman–Crippen MR) is 81.5 cm³/mol. The minimum absolute atomic E-state index is 0.310. The first-order chi connectivity index (χ1) is 9.02. The molecule has 2 unspecified atom stereocenters. The van der Waals surface area contributed by atoms with Gasteiger partial charge in [0.15, 0.2) is 9.84 Å². The zero-order chi connectivity index (χ0) is 13.9. The Balaban J connectivity index is 2.05. The molecule has 0 aliphatic carbocycles. The average Bonchev–Trinajstić information content (AvgIpc) is 2.91. The number of hydrogen-bond acceptors (Lipinski definition) is 4. The van der Waals surface area contributed by atoms with Gasteiger partial charge in [-0.3, -0.25) is 0 Å². The van der Waals surface area contributed by atoms with Gasteiger partial charge in [-0.15, -0.1) is 11.3 Å². The molecule has 0 bridgehead atoms. The number of sulfone groups is 1. The van der Waals surface area contributed by atoms with Crippen molar-refractivity contribution in [3.8, 4) is 0 Å². The summed E-state index contributed by atoms with van der Waals surface area (Å²) in [7, 11) is -2.77. The van der Waals surface area contributed by atoms with Gasteiger partial charge in [0.05, 0.1) is 11.5 Å². The van der Waals surface area contributed by atoms with Crippen LogP contribution in [0.4, 0.5) is 0 Å². The number of thiophene rings is 1. The largest absolute Gasteiger partial charge is 0.310 e. The minimum Gasteiger partial charge on any atom is -0.310 e. The van der Waals surface area contributed by atoms with Crippen LogP contribution in [0.3, 0.4) is 0 Å². The molecule has 2 atom stereocenters. The van der Waals surface area contributed by atoms with Gasteiger partial charge in [-0.25, -0.2) is 8.42 Å². The monoisotopic (exact) mass is 301 g/mol. The van der Waals surface area contributed by atoms with E-state index in [4.69, 9.17) is 0 Å². The number of rotatable bonds is 6. The van der Waals surface area contributed by atoms with Crippen LogP contribution in [-0.2, 0) is 9.84 Å². The van der Waals surface area contributed by atoms with Crippen LogP contribution in [-0.4, -0.2) is 26.5 Å². The standard InChI is InChI=1S/C14H23NO2S2/c1-3-6-15-14(13-4-7-18-11(13)2)9-12-5-8-19(16,17)10-12/h4,7,12,14-15H,3,5-6,8-10H2,1-2H3. The van der Waals surface area contributed by atoms with Gasteiger partial charge < -0.3 is 5.32 Å². The molecule has 2 rings (SSSR count). The Morgan fingerprint density at radius 1 is 1.53 bits per heavy atom. The van der Waals surface area contributed by atoms with Gasteiger partial charge in [0.25, 0.3) is 0 Å². The molecule has 0 radical (unpaired) electrons. The summed E-state index contributed by atoms with van der Waals surface area (Å²) in [6.07, 6.45) is 2.87. The van der Waals surface area contributed by atoms with Crippen molar-refractivity contribution >= 4 is 21.2 Å². The van der Waals surface area contributed by atoms with E-state index in [0.29, 0.717) is 23.5 Å². The highest BCUT2D eigenvalue weighted by atomic mass is 32.2.